The van der Waals surface area contributed by atoms with Crippen LogP contribution in [0.1, 0.15) is 18.6 Å². The molecule has 1 aromatic rings. The second-order valence-electron chi connectivity index (χ2n) is 4.14. The minimum absolute atomic E-state index is 0.0426. The molecule has 0 amide bonds. The van der Waals surface area contributed by atoms with Gasteiger partial charge in [0.1, 0.15) is 0 Å². The van der Waals surface area contributed by atoms with Gasteiger partial charge < -0.3 is 19.8 Å². The average molecular weight is 318 g/mol. The van der Waals surface area contributed by atoms with Crippen LogP contribution in [0.15, 0.2) is 22.7 Å². The van der Waals surface area contributed by atoms with Gasteiger partial charge in [-0.25, -0.2) is 0 Å². The van der Waals surface area contributed by atoms with Gasteiger partial charge in [0.05, 0.1) is 25.9 Å². The van der Waals surface area contributed by atoms with Crippen molar-refractivity contribution in [2.45, 2.75) is 13.0 Å². The van der Waals surface area contributed by atoms with E-state index in [0.717, 1.165) is 15.7 Å². The molecule has 1 atom stereocenters. The van der Waals surface area contributed by atoms with Gasteiger partial charge in [0.15, 0.2) is 0 Å². The van der Waals surface area contributed by atoms with E-state index in [4.69, 9.17) is 9.84 Å². The van der Waals surface area contributed by atoms with Crippen molar-refractivity contribution in [3.05, 3.63) is 28.2 Å². The molecule has 102 valence electrons. The van der Waals surface area contributed by atoms with E-state index in [1.165, 1.54) is 0 Å². The van der Waals surface area contributed by atoms with Crippen molar-refractivity contribution in [3.63, 3.8) is 0 Å². The molecule has 2 N–H and O–H groups in total. The Hall–Kier alpha value is -0.620. The monoisotopic (exact) mass is 317 g/mol. The second-order valence-corrected chi connectivity index (χ2v) is 5.05. The highest BCUT2D eigenvalue weighted by atomic mass is 79.9. The summed E-state index contributed by atoms with van der Waals surface area (Å²) in [6, 6.07) is 5.84. The predicted octanol–water partition coefficient (Wildman–Crippen LogP) is 1.95. The van der Waals surface area contributed by atoms with Crippen molar-refractivity contribution in [2.75, 3.05) is 38.3 Å². The first kappa shape index (κ1) is 15.4. The van der Waals surface area contributed by atoms with Crippen molar-refractivity contribution in [2.24, 2.45) is 0 Å². The van der Waals surface area contributed by atoms with Gasteiger partial charge in [-0.2, -0.15) is 0 Å². The fourth-order valence-corrected chi connectivity index (χ4v) is 2.07. The zero-order valence-corrected chi connectivity index (χ0v) is 12.4. The third-order valence-electron chi connectivity index (χ3n) is 2.66. The Balaban J connectivity index is 2.69. The van der Waals surface area contributed by atoms with Crippen LogP contribution in [-0.2, 0) is 4.74 Å². The summed E-state index contributed by atoms with van der Waals surface area (Å²) in [7, 11) is 1.96. The van der Waals surface area contributed by atoms with Crippen molar-refractivity contribution in [1.29, 1.82) is 0 Å². The molecule has 0 aliphatic heterocycles. The molecule has 0 bridgehead atoms. The third kappa shape index (κ3) is 4.57. The lowest BCUT2D eigenvalue weighted by Crippen LogP contribution is -2.24. The number of halogens is 1. The molecule has 5 heteroatoms. The minimum atomic E-state index is -0.515. The number of aliphatic hydroxyl groups excluding tert-OH is 2. The Labute approximate surface area is 116 Å². The molecular formula is C13H20BrNO3. The maximum absolute atomic E-state index is 9.78. The van der Waals surface area contributed by atoms with Gasteiger partial charge in [-0.3, -0.25) is 0 Å². The van der Waals surface area contributed by atoms with E-state index in [0.29, 0.717) is 19.8 Å². The number of anilines is 1. The first-order chi connectivity index (χ1) is 8.56. The summed E-state index contributed by atoms with van der Waals surface area (Å²) in [5.41, 5.74) is 1.87. The Morgan fingerprint density at radius 1 is 1.39 bits per heavy atom. The maximum atomic E-state index is 9.78. The Kier molecular flexibility index (Phi) is 6.63. The van der Waals surface area contributed by atoms with Crippen LogP contribution in [0.5, 0.6) is 0 Å². The van der Waals surface area contributed by atoms with Gasteiger partial charge >= 0.3 is 0 Å². The zero-order chi connectivity index (χ0) is 13.5. The van der Waals surface area contributed by atoms with Crippen molar-refractivity contribution >= 4 is 21.6 Å². The number of aliphatic hydroxyl groups is 2. The summed E-state index contributed by atoms with van der Waals surface area (Å²) in [5.74, 6) is 0. The van der Waals surface area contributed by atoms with Crippen LogP contribution in [0, 0.1) is 0 Å². The normalized spacial score (nSPS) is 12.5. The lowest BCUT2D eigenvalue weighted by molar-refractivity contribution is 0.0970. The SMILES string of the molecule is CC(O)c1cc(Br)ccc1N(C)CCOCCO. The average Bonchev–Trinajstić information content (AvgIpc) is 2.34. The van der Waals surface area contributed by atoms with Crippen LogP contribution in [-0.4, -0.2) is 43.6 Å². The maximum Gasteiger partial charge on any atom is 0.0782 e. The molecule has 1 aromatic carbocycles. The molecule has 0 aromatic heterocycles. The quantitative estimate of drug-likeness (QED) is 0.755. The van der Waals surface area contributed by atoms with E-state index in [9.17, 15) is 5.11 Å². The first-order valence-corrected chi connectivity index (χ1v) is 6.72. The topological polar surface area (TPSA) is 52.9 Å². The molecule has 1 rings (SSSR count). The molecule has 0 heterocycles. The highest BCUT2D eigenvalue weighted by Crippen LogP contribution is 2.28. The minimum Gasteiger partial charge on any atom is -0.394 e. The van der Waals surface area contributed by atoms with E-state index < -0.39 is 6.10 Å². The fourth-order valence-electron chi connectivity index (χ4n) is 1.70. The Morgan fingerprint density at radius 2 is 2.11 bits per heavy atom. The summed E-state index contributed by atoms with van der Waals surface area (Å²) in [5, 5.41) is 18.4. The van der Waals surface area contributed by atoms with Crippen molar-refractivity contribution in [3.8, 4) is 0 Å². The lowest BCUT2D eigenvalue weighted by Gasteiger charge is -2.23. The highest BCUT2D eigenvalue weighted by molar-refractivity contribution is 9.10. The molecule has 0 fully saturated rings. The van der Waals surface area contributed by atoms with Gasteiger partial charge in [0, 0.05) is 29.3 Å². The second kappa shape index (κ2) is 7.74. The van der Waals surface area contributed by atoms with E-state index in [1.807, 2.05) is 30.1 Å². The van der Waals surface area contributed by atoms with Crippen LogP contribution in [0.4, 0.5) is 5.69 Å². The number of benzene rings is 1. The largest absolute Gasteiger partial charge is 0.394 e. The van der Waals surface area contributed by atoms with Gasteiger partial charge in [0.2, 0.25) is 0 Å². The summed E-state index contributed by atoms with van der Waals surface area (Å²) >= 11 is 3.40. The third-order valence-corrected chi connectivity index (χ3v) is 3.15. The predicted molar refractivity (Wildman–Crippen MR) is 76.0 cm³/mol. The van der Waals surface area contributed by atoms with Crippen LogP contribution >= 0.6 is 15.9 Å². The number of hydrogen-bond acceptors (Lipinski definition) is 4. The molecule has 4 nitrogen and oxygen atoms in total. The summed E-state index contributed by atoms with van der Waals surface area (Å²) in [4.78, 5) is 2.03. The lowest BCUT2D eigenvalue weighted by atomic mass is 10.1. The molecule has 0 saturated carbocycles. The van der Waals surface area contributed by atoms with Gasteiger partial charge in [-0.1, -0.05) is 15.9 Å². The van der Waals surface area contributed by atoms with Crippen molar-refractivity contribution < 1.29 is 14.9 Å². The molecule has 18 heavy (non-hydrogen) atoms. The smallest absolute Gasteiger partial charge is 0.0782 e. The van der Waals surface area contributed by atoms with Crippen LogP contribution < -0.4 is 4.90 Å². The van der Waals surface area contributed by atoms with E-state index >= 15 is 0 Å². The molecule has 0 saturated heterocycles. The number of ether oxygens (including phenoxy) is 1. The molecule has 0 aliphatic rings. The standard InChI is InChI=1S/C13H20BrNO3/c1-10(17)12-9-11(14)3-4-13(12)15(2)5-7-18-8-6-16/h3-4,9-10,16-17H,5-8H2,1-2H3. The number of hydrogen-bond donors (Lipinski definition) is 2. The number of nitrogens with zero attached hydrogens (tertiary/aromatic N) is 1. The summed E-state index contributed by atoms with van der Waals surface area (Å²) < 4.78 is 6.19. The van der Waals surface area contributed by atoms with E-state index in [1.54, 1.807) is 6.92 Å². The molecule has 0 radical (unpaired) electrons. The van der Waals surface area contributed by atoms with Gasteiger partial charge in [-0.05, 0) is 25.1 Å². The number of rotatable bonds is 7. The van der Waals surface area contributed by atoms with Crippen LogP contribution in [0.25, 0.3) is 0 Å². The Bertz CT molecular complexity index is 371. The summed E-state index contributed by atoms with van der Waals surface area (Å²) in [6.45, 7) is 3.41. The van der Waals surface area contributed by atoms with Crippen LogP contribution in [0.2, 0.25) is 0 Å². The molecule has 0 aliphatic carbocycles. The van der Waals surface area contributed by atoms with E-state index in [2.05, 4.69) is 15.9 Å². The Morgan fingerprint density at radius 3 is 2.72 bits per heavy atom. The molecule has 0 spiro atoms. The molecule has 1 unspecified atom stereocenters. The van der Waals surface area contributed by atoms with Crippen molar-refractivity contribution in [1.82, 2.24) is 0 Å². The fraction of sp³-hybridized carbons (Fsp3) is 0.538. The highest BCUT2D eigenvalue weighted by Gasteiger charge is 2.12. The summed E-state index contributed by atoms with van der Waals surface area (Å²) in [6.07, 6.45) is -0.515. The van der Waals surface area contributed by atoms with Gasteiger partial charge in [-0.15, -0.1) is 0 Å². The van der Waals surface area contributed by atoms with E-state index in [-0.39, 0.29) is 6.61 Å². The number of likely N-dealkylation sites (N-methyl/N-ethyl adjacent to an activating group) is 1. The van der Waals surface area contributed by atoms with Gasteiger partial charge in [0.25, 0.3) is 0 Å². The molecular weight excluding hydrogens is 298 g/mol. The first-order valence-electron chi connectivity index (χ1n) is 5.93. The van der Waals surface area contributed by atoms with Crippen LogP contribution in [0.3, 0.4) is 0 Å². The zero-order valence-electron chi connectivity index (χ0n) is 10.8.